The topological polar surface area (TPSA) is 80.9 Å². The minimum absolute atomic E-state index is 0.227. The van der Waals surface area contributed by atoms with E-state index in [0.29, 0.717) is 5.82 Å². The molecule has 6 nitrogen and oxygen atoms in total. The number of carboxylic acids is 1. The molecule has 0 amide bonds. The number of rotatable bonds is 4. The van der Waals surface area contributed by atoms with Crippen LogP contribution < -0.4 is 0 Å². The largest absolute Gasteiger partial charge is 0.481 e. The molecule has 1 heterocycles. The summed E-state index contributed by atoms with van der Waals surface area (Å²) in [4.78, 5) is 12.6. The van der Waals surface area contributed by atoms with Crippen molar-refractivity contribution in [3.8, 4) is 0 Å². The molecule has 0 aliphatic heterocycles. The van der Waals surface area contributed by atoms with Crippen molar-refractivity contribution in [3.63, 3.8) is 0 Å². The highest BCUT2D eigenvalue weighted by atomic mass is 79.9. The smallest absolute Gasteiger partial charge is 0.311 e. The predicted molar refractivity (Wildman–Crippen MR) is 67.0 cm³/mol. The van der Waals surface area contributed by atoms with Crippen molar-refractivity contribution in [2.24, 2.45) is 7.05 Å². The average Bonchev–Trinajstić information content (AvgIpc) is 2.73. The first-order valence-electron chi connectivity index (χ1n) is 5.27. The second kappa shape index (κ2) is 5.26. The number of benzene rings is 1. The van der Waals surface area contributed by atoms with Crippen LogP contribution in [0.15, 0.2) is 28.7 Å². The molecule has 1 aromatic carbocycles. The molecule has 2 rings (SSSR count). The zero-order chi connectivity index (χ0) is 13.1. The van der Waals surface area contributed by atoms with Gasteiger partial charge in [0.1, 0.15) is 0 Å². The molecule has 1 N–H and O–H groups in total. The third kappa shape index (κ3) is 2.92. The van der Waals surface area contributed by atoms with Gasteiger partial charge in [-0.25, -0.2) is 0 Å². The van der Waals surface area contributed by atoms with Gasteiger partial charge in [-0.15, -0.1) is 10.2 Å². The highest BCUT2D eigenvalue weighted by molar-refractivity contribution is 9.10. The lowest BCUT2D eigenvalue weighted by Crippen LogP contribution is -2.15. The lowest BCUT2D eigenvalue weighted by Gasteiger charge is -2.10. The number of aryl methyl sites for hydroxylation is 1. The van der Waals surface area contributed by atoms with Crippen molar-refractivity contribution >= 4 is 21.9 Å². The normalized spacial score (nSPS) is 12.3. The summed E-state index contributed by atoms with van der Waals surface area (Å²) >= 11 is 3.32. The summed E-state index contributed by atoms with van der Waals surface area (Å²) in [5.74, 6) is -1.14. The van der Waals surface area contributed by atoms with Crippen LogP contribution >= 0.6 is 15.9 Å². The summed E-state index contributed by atoms with van der Waals surface area (Å²) in [5.41, 5.74) is 0.721. The van der Waals surface area contributed by atoms with Crippen molar-refractivity contribution in [2.45, 2.75) is 12.3 Å². The molecule has 1 aromatic heterocycles. The molecular formula is C11H11BrN4O2. The van der Waals surface area contributed by atoms with E-state index < -0.39 is 11.9 Å². The molecule has 94 valence electrons. The second-order valence-corrected chi connectivity index (χ2v) is 4.76. The molecule has 2 aromatic rings. The van der Waals surface area contributed by atoms with Gasteiger partial charge in [-0.3, -0.25) is 4.79 Å². The number of carbonyl (C=O) groups is 1. The zero-order valence-corrected chi connectivity index (χ0v) is 11.2. The van der Waals surface area contributed by atoms with Crippen LogP contribution in [0.3, 0.4) is 0 Å². The first-order valence-corrected chi connectivity index (χ1v) is 6.06. The molecule has 1 atom stereocenters. The number of carboxylic acid groups (broad SMARTS) is 1. The third-order valence-electron chi connectivity index (χ3n) is 2.51. The first kappa shape index (κ1) is 12.7. The second-order valence-electron chi connectivity index (χ2n) is 3.84. The SMILES string of the molecule is Cn1nnc(CC(C(=O)O)c2ccc(Br)cc2)n1. The Bertz CT molecular complexity index is 552. The van der Waals surface area contributed by atoms with E-state index in [4.69, 9.17) is 0 Å². The summed E-state index contributed by atoms with van der Waals surface area (Å²) in [6.07, 6.45) is 0.227. The van der Waals surface area contributed by atoms with Gasteiger partial charge in [-0.05, 0) is 22.9 Å². The number of aliphatic carboxylic acids is 1. The van der Waals surface area contributed by atoms with Crippen molar-refractivity contribution in [1.29, 1.82) is 0 Å². The van der Waals surface area contributed by atoms with Gasteiger partial charge in [-0.1, -0.05) is 28.1 Å². The van der Waals surface area contributed by atoms with Gasteiger partial charge in [0.25, 0.3) is 0 Å². The summed E-state index contributed by atoms with van der Waals surface area (Å²) in [7, 11) is 1.64. The van der Waals surface area contributed by atoms with Crippen molar-refractivity contribution in [3.05, 3.63) is 40.1 Å². The van der Waals surface area contributed by atoms with Crippen LogP contribution in [-0.4, -0.2) is 31.3 Å². The lowest BCUT2D eigenvalue weighted by molar-refractivity contribution is -0.138. The molecule has 7 heteroatoms. The Labute approximate surface area is 112 Å². The van der Waals surface area contributed by atoms with Crippen molar-refractivity contribution in [2.75, 3.05) is 0 Å². The Balaban J connectivity index is 2.23. The quantitative estimate of drug-likeness (QED) is 0.922. The molecule has 0 saturated heterocycles. The van der Waals surface area contributed by atoms with E-state index in [1.807, 2.05) is 12.1 Å². The van der Waals surface area contributed by atoms with E-state index in [1.54, 1.807) is 19.2 Å². The molecule has 0 saturated carbocycles. The number of hydrogen-bond acceptors (Lipinski definition) is 4. The molecular weight excluding hydrogens is 300 g/mol. The average molecular weight is 311 g/mol. The fourth-order valence-electron chi connectivity index (χ4n) is 1.63. The molecule has 0 radical (unpaired) electrons. The maximum absolute atomic E-state index is 11.3. The van der Waals surface area contributed by atoms with E-state index in [9.17, 15) is 9.90 Å². The molecule has 18 heavy (non-hydrogen) atoms. The maximum Gasteiger partial charge on any atom is 0.311 e. The fraction of sp³-hybridized carbons (Fsp3) is 0.273. The van der Waals surface area contributed by atoms with Gasteiger partial charge in [0.05, 0.1) is 13.0 Å². The van der Waals surface area contributed by atoms with E-state index in [-0.39, 0.29) is 6.42 Å². The van der Waals surface area contributed by atoms with E-state index in [2.05, 4.69) is 31.3 Å². The number of halogens is 1. The van der Waals surface area contributed by atoms with Crippen LogP contribution in [0.1, 0.15) is 17.3 Å². The highest BCUT2D eigenvalue weighted by Gasteiger charge is 2.22. The molecule has 0 spiro atoms. The van der Waals surface area contributed by atoms with E-state index in [0.717, 1.165) is 10.0 Å². The number of aromatic nitrogens is 4. The third-order valence-corrected chi connectivity index (χ3v) is 3.04. The van der Waals surface area contributed by atoms with Gasteiger partial charge < -0.3 is 5.11 Å². The fourth-order valence-corrected chi connectivity index (χ4v) is 1.89. The van der Waals surface area contributed by atoms with Crippen LogP contribution in [0.2, 0.25) is 0 Å². The van der Waals surface area contributed by atoms with Gasteiger partial charge in [0.2, 0.25) is 0 Å². The van der Waals surface area contributed by atoms with Crippen molar-refractivity contribution < 1.29 is 9.90 Å². The Morgan fingerprint density at radius 1 is 1.44 bits per heavy atom. The van der Waals surface area contributed by atoms with Gasteiger partial charge in [0.15, 0.2) is 5.82 Å². The van der Waals surface area contributed by atoms with Crippen LogP contribution in [0, 0.1) is 0 Å². The standard InChI is InChI=1S/C11H11BrN4O2/c1-16-14-10(13-15-16)6-9(11(17)18)7-2-4-8(12)5-3-7/h2-5,9H,6H2,1H3,(H,17,18). The summed E-state index contributed by atoms with van der Waals surface area (Å²) < 4.78 is 0.910. The summed E-state index contributed by atoms with van der Waals surface area (Å²) in [6, 6.07) is 7.18. The lowest BCUT2D eigenvalue weighted by atomic mass is 9.96. The maximum atomic E-state index is 11.3. The minimum atomic E-state index is -0.898. The van der Waals surface area contributed by atoms with Gasteiger partial charge in [0, 0.05) is 10.9 Å². The van der Waals surface area contributed by atoms with Crippen LogP contribution in [0.25, 0.3) is 0 Å². The molecule has 0 aliphatic rings. The number of nitrogens with zero attached hydrogens (tertiary/aromatic N) is 4. The van der Waals surface area contributed by atoms with E-state index in [1.165, 1.54) is 4.80 Å². The van der Waals surface area contributed by atoms with Crippen LogP contribution in [0.5, 0.6) is 0 Å². The summed E-state index contributed by atoms with van der Waals surface area (Å²) in [6.45, 7) is 0. The van der Waals surface area contributed by atoms with Crippen LogP contribution in [0.4, 0.5) is 0 Å². The molecule has 0 fully saturated rings. The molecule has 1 unspecified atom stereocenters. The van der Waals surface area contributed by atoms with Crippen LogP contribution in [-0.2, 0) is 18.3 Å². The Morgan fingerprint density at radius 3 is 2.61 bits per heavy atom. The van der Waals surface area contributed by atoms with Gasteiger partial charge in [-0.2, -0.15) is 4.80 Å². The predicted octanol–water partition coefficient (Wildman–Crippen LogP) is 1.38. The van der Waals surface area contributed by atoms with Crippen molar-refractivity contribution in [1.82, 2.24) is 20.2 Å². The van der Waals surface area contributed by atoms with E-state index >= 15 is 0 Å². The number of tetrazole rings is 1. The Morgan fingerprint density at radius 2 is 2.11 bits per heavy atom. The number of hydrogen-bond donors (Lipinski definition) is 1. The highest BCUT2D eigenvalue weighted by Crippen LogP contribution is 2.21. The van der Waals surface area contributed by atoms with Gasteiger partial charge >= 0.3 is 5.97 Å². The first-order chi connectivity index (χ1) is 8.56. The Hall–Kier alpha value is -1.76. The Kier molecular flexibility index (Phi) is 3.71. The zero-order valence-electron chi connectivity index (χ0n) is 9.62. The minimum Gasteiger partial charge on any atom is -0.481 e. The summed E-state index contributed by atoms with van der Waals surface area (Å²) in [5, 5.41) is 20.8. The molecule has 0 aliphatic carbocycles. The molecule has 0 bridgehead atoms. The monoisotopic (exact) mass is 310 g/mol.